The van der Waals surface area contributed by atoms with E-state index in [0.29, 0.717) is 6.42 Å². The van der Waals surface area contributed by atoms with Crippen molar-refractivity contribution in [1.82, 2.24) is 4.98 Å². The molecule has 0 saturated heterocycles. The summed E-state index contributed by atoms with van der Waals surface area (Å²) in [5.74, 6) is -0.779. The molecule has 1 N–H and O–H groups in total. The Morgan fingerprint density at radius 1 is 1.25 bits per heavy atom. The van der Waals surface area contributed by atoms with Crippen molar-refractivity contribution in [2.24, 2.45) is 0 Å². The molecule has 2 aromatic rings. The Morgan fingerprint density at radius 3 is 2.60 bits per heavy atom. The maximum absolute atomic E-state index is 11.5. The minimum atomic E-state index is -0.828. The van der Waals surface area contributed by atoms with Crippen molar-refractivity contribution in [2.45, 2.75) is 32.1 Å². The van der Waals surface area contributed by atoms with Gasteiger partial charge in [-0.05, 0) is 42.5 Å². The van der Waals surface area contributed by atoms with Crippen LogP contribution in [0, 0.1) is 0 Å². The zero-order valence-corrected chi connectivity index (χ0v) is 11.8. The van der Waals surface area contributed by atoms with Gasteiger partial charge in [-0.2, -0.15) is 0 Å². The van der Waals surface area contributed by atoms with E-state index >= 15 is 0 Å². The lowest BCUT2D eigenvalue weighted by molar-refractivity contribution is -0.143. The smallest absolute Gasteiger partial charge is 0.313 e. The first-order chi connectivity index (χ1) is 9.56. The summed E-state index contributed by atoms with van der Waals surface area (Å²) in [5.41, 5.74) is 2.26. The number of benzene rings is 1. The number of carboxylic acid groups (broad SMARTS) is 1. The van der Waals surface area contributed by atoms with E-state index in [0.717, 1.165) is 23.1 Å². The molecule has 0 bridgehead atoms. The zero-order chi connectivity index (χ0) is 14.6. The van der Waals surface area contributed by atoms with Crippen molar-refractivity contribution >= 4 is 5.97 Å². The van der Waals surface area contributed by atoms with Crippen LogP contribution in [0.3, 0.4) is 0 Å². The third-order valence-corrected chi connectivity index (χ3v) is 3.87. The summed E-state index contributed by atoms with van der Waals surface area (Å²) in [7, 11) is 0. The molecule has 0 aliphatic rings. The minimum Gasteiger partial charge on any atom is -0.481 e. The van der Waals surface area contributed by atoms with Gasteiger partial charge in [-0.15, -0.1) is 0 Å². The van der Waals surface area contributed by atoms with Crippen molar-refractivity contribution in [1.29, 1.82) is 0 Å². The maximum atomic E-state index is 11.5. The summed E-state index contributed by atoms with van der Waals surface area (Å²) in [6, 6.07) is 11.8. The van der Waals surface area contributed by atoms with Crippen LogP contribution in [0.15, 0.2) is 48.8 Å². The van der Waals surface area contributed by atoms with Crippen LogP contribution in [0.25, 0.3) is 0 Å². The number of nitrogens with zero attached hydrogens (tertiary/aromatic N) is 1. The standard InChI is InChI=1S/C17H19NO2/c1-3-17(2,16(19)20)15-8-4-6-13(11-15)10-14-7-5-9-18-12-14/h4-9,11-12H,3,10H2,1-2H3,(H,19,20). The molecule has 3 nitrogen and oxygen atoms in total. The Labute approximate surface area is 119 Å². The maximum Gasteiger partial charge on any atom is 0.313 e. The Balaban J connectivity index is 2.31. The van der Waals surface area contributed by atoms with Crippen LogP contribution in [0.2, 0.25) is 0 Å². The Hall–Kier alpha value is -2.16. The van der Waals surface area contributed by atoms with Gasteiger partial charge in [-0.1, -0.05) is 37.3 Å². The SMILES string of the molecule is CCC(C)(C(=O)O)c1cccc(Cc2cccnc2)c1. The van der Waals surface area contributed by atoms with E-state index in [-0.39, 0.29) is 0 Å². The topological polar surface area (TPSA) is 50.2 Å². The number of pyridine rings is 1. The fourth-order valence-electron chi connectivity index (χ4n) is 2.24. The molecule has 1 aromatic heterocycles. The van der Waals surface area contributed by atoms with E-state index in [2.05, 4.69) is 4.98 Å². The summed E-state index contributed by atoms with van der Waals surface area (Å²) in [5, 5.41) is 9.46. The van der Waals surface area contributed by atoms with Gasteiger partial charge in [0.25, 0.3) is 0 Å². The molecule has 0 spiro atoms. The van der Waals surface area contributed by atoms with E-state index in [4.69, 9.17) is 0 Å². The number of carboxylic acids is 1. The summed E-state index contributed by atoms with van der Waals surface area (Å²) in [4.78, 5) is 15.6. The van der Waals surface area contributed by atoms with E-state index in [9.17, 15) is 9.90 Å². The molecule has 0 fully saturated rings. The van der Waals surface area contributed by atoms with Gasteiger partial charge in [0.05, 0.1) is 5.41 Å². The monoisotopic (exact) mass is 269 g/mol. The van der Waals surface area contributed by atoms with Crippen LogP contribution >= 0.6 is 0 Å². The minimum absolute atomic E-state index is 0.568. The first-order valence-electron chi connectivity index (χ1n) is 6.78. The van der Waals surface area contributed by atoms with Crippen molar-refractivity contribution in [3.8, 4) is 0 Å². The van der Waals surface area contributed by atoms with Crippen LogP contribution in [0.1, 0.15) is 37.0 Å². The van der Waals surface area contributed by atoms with Gasteiger partial charge >= 0.3 is 5.97 Å². The second kappa shape index (κ2) is 5.87. The molecule has 3 heteroatoms. The molecule has 0 aliphatic heterocycles. The molecule has 0 amide bonds. The molecule has 2 rings (SSSR count). The van der Waals surface area contributed by atoms with Gasteiger partial charge in [0.2, 0.25) is 0 Å². The Kier molecular flexibility index (Phi) is 4.18. The van der Waals surface area contributed by atoms with Crippen molar-refractivity contribution in [3.05, 3.63) is 65.5 Å². The van der Waals surface area contributed by atoms with E-state index in [1.165, 1.54) is 0 Å². The largest absolute Gasteiger partial charge is 0.481 e. The molecule has 1 aromatic carbocycles. The van der Waals surface area contributed by atoms with Crippen LogP contribution < -0.4 is 0 Å². The molecule has 104 valence electrons. The Morgan fingerprint density at radius 2 is 2.00 bits per heavy atom. The highest BCUT2D eigenvalue weighted by atomic mass is 16.4. The zero-order valence-electron chi connectivity index (χ0n) is 11.8. The summed E-state index contributed by atoms with van der Waals surface area (Å²) in [6.07, 6.45) is 4.92. The average Bonchev–Trinajstić information content (AvgIpc) is 2.47. The van der Waals surface area contributed by atoms with Crippen molar-refractivity contribution in [3.63, 3.8) is 0 Å². The van der Waals surface area contributed by atoms with Gasteiger partial charge < -0.3 is 5.11 Å². The number of aromatic nitrogens is 1. The molecule has 1 atom stereocenters. The van der Waals surface area contributed by atoms with Crippen LogP contribution in [0.4, 0.5) is 0 Å². The number of rotatable bonds is 5. The van der Waals surface area contributed by atoms with Gasteiger partial charge in [0.15, 0.2) is 0 Å². The lowest BCUT2D eigenvalue weighted by atomic mass is 9.79. The second-order valence-electron chi connectivity index (χ2n) is 5.23. The normalized spacial score (nSPS) is 13.7. The number of hydrogen-bond acceptors (Lipinski definition) is 2. The molecular formula is C17H19NO2. The third-order valence-electron chi connectivity index (χ3n) is 3.87. The van der Waals surface area contributed by atoms with Crippen molar-refractivity contribution < 1.29 is 9.90 Å². The summed E-state index contributed by atoms with van der Waals surface area (Å²) >= 11 is 0. The molecule has 0 aliphatic carbocycles. The fourth-order valence-corrected chi connectivity index (χ4v) is 2.24. The molecule has 1 unspecified atom stereocenters. The summed E-state index contributed by atoms with van der Waals surface area (Å²) < 4.78 is 0. The highest BCUT2D eigenvalue weighted by Gasteiger charge is 2.33. The van der Waals surface area contributed by atoms with Crippen LogP contribution in [-0.4, -0.2) is 16.1 Å². The molecule has 0 saturated carbocycles. The predicted octanol–water partition coefficient (Wildman–Crippen LogP) is 3.42. The van der Waals surface area contributed by atoms with E-state index in [1.54, 1.807) is 13.1 Å². The molecule has 20 heavy (non-hydrogen) atoms. The first kappa shape index (κ1) is 14.3. The second-order valence-corrected chi connectivity index (χ2v) is 5.23. The molecular weight excluding hydrogens is 250 g/mol. The number of carbonyl (C=O) groups is 1. The van der Waals surface area contributed by atoms with Gasteiger partial charge in [0.1, 0.15) is 0 Å². The van der Waals surface area contributed by atoms with E-state index in [1.807, 2.05) is 49.5 Å². The van der Waals surface area contributed by atoms with Gasteiger partial charge in [0, 0.05) is 12.4 Å². The van der Waals surface area contributed by atoms with Gasteiger partial charge in [-0.25, -0.2) is 0 Å². The van der Waals surface area contributed by atoms with Crippen molar-refractivity contribution in [2.75, 3.05) is 0 Å². The first-order valence-corrected chi connectivity index (χ1v) is 6.78. The molecule has 1 heterocycles. The number of aliphatic carboxylic acids is 1. The quantitative estimate of drug-likeness (QED) is 0.904. The third kappa shape index (κ3) is 2.87. The lowest BCUT2D eigenvalue weighted by Crippen LogP contribution is -2.31. The number of hydrogen-bond donors (Lipinski definition) is 1. The lowest BCUT2D eigenvalue weighted by Gasteiger charge is -2.24. The molecule has 0 radical (unpaired) electrons. The van der Waals surface area contributed by atoms with Crippen LogP contribution in [-0.2, 0) is 16.6 Å². The fraction of sp³-hybridized carbons (Fsp3) is 0.294. The van der Waals surface area contributed by atoms with Gasteiger partial charge in [-0.3, -0.25) is 9.78 Å². The Bertz CT molecular complexity index is 595. The average molecular weight is 269 g/mol. The highest BCUT2D eigenvalue weighted by molar-refractivity contribution is 5.80. The summed E-state index contributed by atoms with van der Waals surface area (Å²) in [6.45, 7) is 3.68. The van der Waals surface area contributed by atoms with E-state index < -0.39 is 11.4 Å². The highest BCUT2D eigenvalue weighted by Crippen LogP contribution is 2.28. The van der Waals surface area contributed by atoms with Crippen LogP contribution in [0.5, 0.6) is 0 Å². The predicted molar refractivity (Wildman–Crippen MR) is 78.8 cm³/mol.